The number of nitrogens with one attached hydrogen (secondary N) is 1. The van der Waals surface area contributed by atoms with E-state index < -0.39 is 20.0 Å². The van der Waals surface area contributed by atoms with Crippen LogP contribution in [-0.4, -0.2) is 68.5 Å². The molecule has 0 bridgehead atoms. The Labute approximate surface area is 428 Å². The number of phosphoric ester groups is 1. The summed E-state index contributed by atoms with van der Waals surface area (Å²) in [4.78, 5) is 25.4. The van der Waals surface area contributed by atoms with Gasteiger partial charge in [0.05, 0.1) is 39.9 Å². The van der Waals surface area contributed by atoms with Crippen LogP contribution in [0.15, 0.2) is 60.8 Å². The molecule has 0 fully saturated rings. The Morgan fingerprint density at radius 2 is 0.826 bits per heavy atom. The van der Waals surface area contributed by atoms with E-state index in [4.69, 9.17) is 9.05 Å². The van der Waals surface area contributed by atoms with E-state index in [0.29, 0.717) is 23.9 Å². The number of hydrogen-bond acceptors (Lipinski definition) is 6. The Kier molecular flexibility index (Phi) is 49.8. The first-order valence-corrected chi connectivity index (χ1v) is 30.6. The van der Waals surface area contributed by atoms with Crippen molar-refractivity contribution in [1.29, 1.82) is 0 Å². The van der Waals surface area contributed by atoms with Crippen molar-refractivity contribution in [2.75, 3.05) is 40.9 Å². The summed E-state index contributed by atoms with van der Waals surface area (Å²) in [5.74, 6) is -0.290. The smallest absolute Gasteiger partial charge is 0.268 e. The number of nitrogens with zero attached hydrogens (tertiary/aromatic N) is 1. The maximum atomic E-state index is 12.9. The second kappa shape index (κ2) is 51.1. The molecule has 0 aromatic rings. The molecule has 3 atom stereocenters. The summed E-state index contributed by atoms with van der Waals surface area (Å²) in [6.45, 7) is 4.55. The minimum absolute atomic E-state index is 0.00632. The summed E-state index contributed by atoms with van der Waals surface area (Å²) in [5.41, 5.74) is 0. The number of allylic oxidation sites excluding steroid dienone is 9. The molecule has 69 heavy (non-hydrogen) atoms. The molecule has 0 heterocycles. The summed E-state index contributed by atoms with van der Waals surface area (Å²) in [7, 11) is 1.25. The topological polar surface area (TPSA) is 108 Å². The fourth-order valence-electron chi connectivity index (χ4n) is 8.52. The highest BCUT2D eigenvalue weighted by Crippen LogP contribution is 2.38. The van der Waals surface area contributed by atoms with Crippen LogP contribution in [0.25, 0.3) is 0 Å². The predicted molar refractivity (Wildman–Crippen MR) is 297 cm³/mol. The molecule has 0 aliphatic rings. The van der Waals surface area contributed by atoms with E-state index in [9.17, 15) is 19.4 Å². The number of hydrogen-bond donors (Lipinski definition) is 2. The molecule has 0 radical (unpaired) electrons. The lowest BCUT2D eigenvalue weighted by Gasteiger charge is -2.30. The quantitative estimate of drug-likeness (QED) is 0.0272. The normalized spacial score (nSPS) is 14.4. The van der Waals surface area contributed by atoms with E-state index in [1.54, 1.807) is 6.08 Å². The standard InChI is InChI=1S/C60H113N2O6P/c1-6-8-10-12-14-16-18-20-22-23-24-25-26-27-28-29-30-31-32-33-34-35-36-37-38-40-41-43-45-47-49-51-53-59(63)58(57-68-69(65,66)67-56-55-62(3,4)5)61-60(64)54-52-50-48-46-44-42-39-21-19-17-15-13-11-9-7-2/h9,11,15,17,21,39,44,46,50,52,58-59,63H,6-8,10,12-14,16,18-20,22-38,40-43,45,47-49,51,53-57H2,1-5H3,(H-,61,64,65,66)/b11-9-,17-15-,39-21-,46-44-,52-50-. The zero-order chi connectivity index (χ0) is 50.6. The van der Waals surface area contributed by atoms with Gasteiger partial charge < -0.3 is 28.8 Å². The lowest BCUT2D eigenvalue weighted by atomic mass is 10.0. The molecule has 0 saturated carbocycles. The van der Waals surface area contributed by atoms with Crippen molar-refractivity contribution < 1.29 is 32.9 Å². The molecule has 9 heteroatoms. The molecular weight excluding hydrogens is 876 g/mol. The molecule has 2 N–H and O–H groups in total. The number of carbonyl (C=O) groups excluding carboxylic acids is 1. The molecule has 0 aromatic heterocycles. The Balaban J connectivity index is 4.09. The van der Waals surface area contributed by atoms with E-state index in [1.807, 2.05) is 27.2 Å². The molecule has 1 amide bonds. The summed E-state index contributed by atoms with van der Waals surface area (Å²) in [6, 6.07) is -0.858. The van der Waals surface area contributed by atoms with Crippen molar-refractivity contribution in [2.24, 2.45) is 0 Å². The summed E-state index contributed by atoms with van der Waals surface area (Å²) >= 11 is 0. The summed E-state index contributed by atoms with van der Waals surface area (Å²) in [5, 5.41) is 13.9. The summed E-state index contributed by atoms with van der Waals surface area (Å²) < 4.78 is 23.3. The van der Waals surface area contributed by atoms with Crippen LogP contribution >= 0.6 is 7.82 Å². The molecule has 0 aliphatic carbocycles. The number of likely N-dealkylation sites (N-methyl/N-ethyl adjacent to an activating group) is 1. The second-order valence-electron chi connectivity index (χ2n) is 21.0. The third-order valence-electron chi connectivity index (χ3n) is 13.0. The largest absolute Gasteiger partial charge is 0.756 e. The van der Waals surface area contributed by atoms with Crippen molar-refractivity contribution in [2.45, 2.75) is 276 Å². The van der Waals surface area contributed by atoms with E-state index in [1.165, 1.54) is 186 Å². The maximum Gasteiger partial charge on any atom is 0.268 e. The van der Waals surface area contributed by atoms with Gasteiger partial charge in [0.25, 0.3) is 7.82 Å². The number of phosphoric acid groups is 1. The molecule has 404 valence electrons. The van der Waals surface area contributed by atoms with Gasteiger partial charge in [-0.1, -0.05) is 280 Å². The predicted octanol–water partition coefficient (Wildman–Crippen LogP) is 17.1. The van der Waals surface area contributed by atoms with Crippen LogP contribution in [0.5, 0.6) is 0 Å². The highest BCUT2D eigenvalue weighted by atomic mass is 31.2. The fraction of sp³-hybridized carbons (Fsp3) is 0.817. The van der Waals surface area contributed by atoms with E-state index in [-0.39, 0.29) is 25.5 Å². The van der Waals surface area contributed by atoms with Gasteiger partial charge in [0.15, 0.2) is 0 Å². The number of rotatable bonds is 53. The number of quaternary nitrogens is 1. The minimum atomic E-state index is -4.60. The highest BCUT2D eigenvalue weighted by Gasteiger charge is 2.24. The van der Waals surface area contributed by atoms with Gasteiger partial charge in [-0.15, -0.1) is 0 Å². The van der Waals surface area contributed by atoms with Gasteiger partial charge in [-0.3, -0.25) is 9.36 Å². The van der Waals surface area contributed by atoms with Gasteiger partial charge in [0.1, 0.15) is 13.2 Å². The number of carbonyl (C=O) groups is 1. The molecule has 0 rings (SSSR count). The number of unbranched alkanes of at least 4 members (excludes halogenated alkanes) is 31. The van der Waals surface area contributed by atoms with Crippen molar-refractivity contribution in [3.63, 3.8) is 0 Å². The van der Waals surface area contributed by atoms with Crippen molar-refractivity contribution in [3.05, 3.63) is 60.8 Å². The second-order valence-corrected chi connectivity index (χ2v) is 22.4. The monoisotopic (exact) mass is 989 g/mol. The van der Waals surface area contributed by atoms with Gasteiger partial charge in [0.2, 0.25) is 5.91 Å². The maximum absolute atomic E-state index is 12.9. The Hall–Kier alpha value is -1.80. The van der Waals surface area contributed by atoms with Crippen molar-refractivity contribution >= 4 is 13.7 Å². The molecule has 8 nitrogen and oxygen atoms in total. The van der Waals surface area contributed by atoms with Gasteiger partial charge in [-0.25, -0.2) is 0 Å². The number of aliphatic hydroxyl groups excluding tert-OH is 1. The molecule has 0 aliphatic heterocycles. The average Bonchev–Trinajstić information content (AvgIpc) is 3.31. The lowest BCUT2D eigenvalue weighted by Crippen LogP contribution is -2.46. The van der Waals surface area contributed by atoms with Gasteiger partial charge >= 0.3 is 0 Å². The van der Waals surface area contributed by atoms with Crippen LogP contribution in [0.3, 0.4) is 0 Å². The zero-order valence-corrected chi connectivity index (χ0v) is 46.9. The third kappa shape index (κ3) is 53.8. The molecule has 0 aromatic carbocycles. The third-order valence-corrected chi connectivity index (χ3v) is 14.0. The molecule has 3 unspecified atom stereocenters. The van der Waals surface area contributed by atoms with Crippen LogP contribution in [0.1, 0.15) is 264 Å². The highest BCUT2D eigenvalue weighted by molar-refractivity contribution is 7.45. The van der Waals surface area contributed by atoms with E-state index in [0.717, 1.165) is 44.9 Å². The van der Waals surface area contributed by atoms with Crippen LogP contribution in [-0.2, 0) is 18.4 Å². The zero-order valence-electron chi connectivity index (χ0n) is 46.0. The average molecular weight is 990 g/mol. The van der Waals surface area contributed by atoms with Crippen LogP contribution < -0.4 is 10.2 Å². The minimum Gasteiger partial charge on any atom is -0.756 e. The number of amides is 1. The van der Waals surface area contributed by atoms with Gasteiger partial charge in [-0.05, 0) is 38.5 Å². The SMILES string of the molecule is CC/C=C\C/C=C\C/C=C\C/C=C\C/C=C\CC(=O)NC(COP(=O)([O-])OCC[N+](C)(C)C)C(O)CCCCCCCCCCCCCCCCCCCCCCCCCCCCCCCCCC. The van der Waals surface area contributed by atoms with Crippen LogP contribution in [0.2, 0.25) is 0 Å². The van der Waals surface area contributed by atoms with Gasteiger partial charge in [0, 0.05) is 6.42 Å². The van der Waals surface area contributed by atoms with Crippen LogP contribution in [0.4, 0.5) is 0 Å². The Morgan fingerprint density at radius 1 is 0.507 bits per heavy atom. The fourth-order valence-corrected chi connectivity index (χ4v) is 9.25. The van der Waals surface area contributed by atoms with Crippen molar-refractivity contribution in [3.8, 4) is 0 Å². The number of aliphatic hydroxyl groups is 1. The van der Waals surface area contributed by atoms with E-state index >= 15 is 0 Å². The summed E-state index contributed by atoms with van der Waals surface area (Å²) in [6.07, 6.45) is 68.9. The molecular formula is C60H113N2O6P. The Bertz CT molecular complexity index is 1310. The van der Waals surface area contributed by atoms with Crippen molar-refractivity contribution in [1.82, 2.24) is 5.32 Å². The molecule has 0 saturated heterocycles. The van der Waals surface area contributed by atoms with Gasteiger partial charge in [-0.2, -0.15) is 0 Å². The molecule has 0 spiro atoms. The first kappa shape index (κ1) is 67.2. The van der Waals surface area contributed by atoms with E-state index in [2.05, 4.69) is 67.8 Å². The Morgan fingerprint density at radius 3 is 1.16 bits per heavy atom. The van der Waals surface area contributed by atoms with Crippen LogP contribution in [0, 0.1) is 0 Å². The first-order valence-electron chi connectivity index (χ1n) is 29.1. The lowest BCUT2D eigenvalue weighted by molar-refractivity contribution is -0.870. The first-order chi connectivity index (χ1) is 33.5.